The highest BCUT2D eigenvalue weighted by Crippen LogP contribution is 2.43. The SMILES string of the molecule is COC(=O)C1CC2CCCCC2N1C(=O)c1cc(OC)c(OC)c(OC)c1. The smallest absolute Gasteiger partial charge is 0.328 e. The zero-order valence-electron chi connectivity index (χ0n) is 16.3. The van der Waals surface area contributed by atoms with Gasteiger partial charge in [0.2, 0.25) is 5.75 Å². The monoisotopic (exact) mass is 377 g/mol. The number of fused-ring (bicyclic) bond motifs is 1. The van der Waals surface area contributed by atoms with Crippen molar-refractivity contribution in [1.29, 1.82) is 0 Å². The third-order valence-corrected chi connectivity index (χ3v) is 5.71. The molecule has 1 saturated heterocycles. The molecule has 3 unspecified atom stereocenters. The fourth-order valence-corrected chi connectivity index (χ4v) is 4.45. The first-order valence-electron chi connectivity index (χ1n) is 9.26. The summed E-state index contributed by atoms with van der Waals surface area (Å²) in [6.07, 6.45) is 4.81. The van der Waals surface area contributed by atoms with Gasteiger partial charge >= 0.3 is 5.97 Å². The Morgan fingerprint density at radius 2 is 1.59 bits per heavy atom. The molecule has 0 radical (unpaired) electrons. The van der Waals surface area contributed by atoms with Crippen LogP contribution in [0.4, 0.5) is 0 Å². The summed E-state index contributed by atoms with van der Waals surface area (Å²) in [5.41, 5.74) is 0.407. The Balaban J connectivity index is 2.00. The highest BCUT2D eigenvalue weighted by Gasteiger charge is 2.48. The number of likely N-dealkylation sites (tertiary alicyclic amines) is 1. The van der Waals surface area contributed by atoms with Crippen LogP contribution >= 0.6 is 0 Å². The van der Waals surface area contributed by atoms with Crippen LogP contribution in [0.15, 0.2) is 12.1 Å². The first kappa shape index (κ1) is 19.3. The van der Waals surface area contributed by atoms with Gasteiger partial charge in [-0.1, -0.05) is 12.8 Å². The number of nitrogens with zero attached hydrogens (tertiary/aromatic N) is 1. The molecular formula is C20H27NO6. The molecule has 1 amide bonds. The molecule has 3 rings (SSSR count). The molecule has 148 valence electrons. The summed E-state index contributed by atoms with van der Waals surface area (Å²) in [4.78, 5) is 27.5. The Morgan fingerprint density at radius 3 is 2.15 bits per heavy atom. The van der Waals surface area contributed by atoms with Gasteiger partial charge in [-0.15, -0.1) is 0 Å². The molecule has 7 nitrogen and oxygen atoms in total. The Hall–Kier alpha value is -2.44. The van der Waals surface area contributed by atoms with Gasteiger partial charge in [0.1, 0.15) is 6.04 Å². The summed E-state index contributed by atoms with van der Waals surface area (Å²) in [7, 11) is 5.90. The second kappa shape index (κ2) is 8.06. The Morgan fingerprint density at radius 1 is 0.963 bits per heavy atom. The Bertz CT molecular complexity index is 693. The predicted molar refractivity (Wildman–Crippen MR) is 98.4 cm³/mol. The van der Waals surface area contributed by atoms with Crippen molar-refractivity contribution in [3.8, 4) is 17.2 Å². The summed E-state index contributed by atoms with van der Waals surface area (Å²) in [6.45, 7) is 0. The number of hydrogen-bond acceptors (Lipinski definition) is 6. The second-order valence-electron chi connectivity index (χ2n) is 7.01. The number of hydrogen-bond donors (Lipinski definition) is 0. The summed E-state index contributed by atoms with van der Waals surface area (Å²) in [6, 6.07) is 2.78. The van der Waals surface area contributed by atoms with Crippen molar-refractivity contribution < 1.29 is 28.5 Å². The summed E-state index contributed by atoms with van der Waals surface area (Å²) < 4.78 is 21.0. The minimum absolute atomic E-state index is 0.0643. The highest BCUT2D eigenvalue weighted by atomic mass is 16.5. The van der Waals surface area contributed by atoms with Crippen LogP contribution in [0.2, 0.25) is 0 Å². The molecule has 1 saturated carbocycles. The lowest BCUT2D eigenvalue weighted by atomic mass is 9.84. The molecule has 1 aromatic rings. The van der Waals surface area contributed by atoms with E-state index in [2.05, 4.69) is 0 Å². The number of carbonyl (C=O) groups is 2. The number of amides is 1. The molecule has 2 aliphatic rings. The van der Waals surface area contributed by atoms with E-state index in [1.54, 1.807) is 17.0 Å². The van der Waals surface area contributed by atoms with Gasteiger partial charge in [0.25, 0.3) is 5.91 Å². The van der Waals surface area contributed by atoms with Gasteiger partial charge in [0, 0.05) is 11.6 Å². The quantitative estimate of drug-likeness (QED) is 0.735. The molecule has 2 fully saturated rings. The molecule has 1 aromatic carbocycles. The van der Waals surface area contributed by atoms with Gasteiger partial charge in [-0.2, -0.15) is 0 Å². The summed E-state index contributed by atoms with van der Waals surface area (Å²) >= 11 is 0. The number of rotatable bonds is 5. The average molecular weight is 377 g/mol. The lowest BCUT2D eigenvalue weighted by Gasteiger charge is -2.33. The van der Waals surface area contributed by atoms with E-state index in [1.807, 2.05) is 0 Å². The van der Waals surface area contributed by atoms with E-state index in [0.29, 0.717) is 35.2 Å². The van der Waals surface area contributed by atoms with Gasteiger partial charge in [-0.25, -0.2) is 4.79 Å². The van der Waals surface area contributed by atoms with Crippen LogP contribution in [0.3, 0.4) is 0 Å². The molecule has 0 aromatic heterocycles. The van der Waals surface area contributed by atoms with Crippen molar-refractivity contribution >= 4 is 11.9 Å². The van der Waals surface area contributed by atoms with Crippen LogP contribution in [0.1, 0.15) is 42.5 Å². The largest absolute Gasteiger partial charge is 0.493 e. The third kappa shape index (κ3) is 3.42. The third-order valence-electron chi connectivity index (χ3n) is 5.71. The molecule has 3 atom stereocenters. The van der Waals surface area contributed by atoms with Crippen LogP contribution in [0.5, 0.6) is 17.2 Å². The van der Waals surface area contributed by atoms with Gasteiger partial charge in [-0.3, -0.25) is 4.79 Å². The maximum atomic E-state index is 13.4. The fraction of sp³-hybridized carbons (Fsp3) is 0.600. The minimum atomic E-state index is -0.547. The number of ether oxygens (including phenoxy) is 4. The van der Waals surface area contributed by atoms with Crippen LogP contribution in [-0.4, -0.2) is 57.3 Å². The molecule has 0 spiro atoms. The average Bonchev–Trinajstić information content (AvgIpc) is 3.10. The van der Waals surface area contributed by atoms with Crippen molar-refractivity contribution in [1.82, 2.24) is 4.90 Å². The van der Waals surface area contributed by atoms with E-state index < -0.39 is 6.04 Å². The summed E-state index contributed by atoms with van der Waals surface area (Å²) in [5.74, 6) is 1.03. The van der Waals surface area contributed by atoms with Crippen molar-refractivity contribution in [2.45, 2.75) is 44.2 Å². The zero-order valence-corrected chi connectivity index (χ0v) is 16.3. The Labute approximate surface area is 159 Å². The lowest BCUT2D eigenvalue weighted by Crippen LogP contribution is -2.46. The number of benzene rings is 1. The van der Waals surface area contributed by atoms with Crippen LogP contribution in [0, 0.1) is 5.92 Å². The number of methoxy groups -OCH3 is 4. The lowest BCUT2D eigenvalue weighted by molar-refractivity contribution is -0.145. The predicted octanol–water partition coefficient (Wildman–Crippen LogP) is 2.66. The number of esters is 1. The van der Waals surface area contributed by atoms with E-state index in [0.717, 1.165) is 25.7 Å². The van der Waals surface area contributed by atoms with Crippen molar-refractivity contribution in [3.05, 3.63) is 17.7 Å². The van der Waals surface area contributed by atoms with Crippen LogP contribution < -0.4 is 14.2 Å². The zero-order chi connectivity index (χ0) is 19.6. The van der Waals surface area contributed by atoms with Crippen LogP contribution in [0.25, 0.3) is 0 Å². The standard InChI is InChI=1S/C20H27NO6/c1-24-16-10-13(11-17(25-2)18(16)26-3)19(22)21-14-8-6-5-7-12(14)9-15(21)20(23)27-4/h10-12,14-15H,5-9H2,1-4H3. The van der Waals surface area contributed by atoms with Crippen LogP contribution in [-0.2, 0) is 9.53 Å². The second-order valence-corrected chi connectivity index (χ2v) is 7.01. The molecule has 0 bridgehead atoms. The van der Waals surface area contributed by atoms with Crippen molar-refractivity contribution in [2.75, 3.05) is 28.4 Å². The van der Waals surface area contributed by atoms with Crippen molar-refractivity contribution in [3.63, 3.8) is 0 Å². The molecule has 1 heterocycles. The van der Waals surface area contributed by atoms with E-state index >= 15 is 0 Å². The van der Waals surface area contributed by atoms with E-state index in [1.165, 1.54) is 28.4 Å². The maximum Gasteiger partial charge on any atom is 0.328 e. The normalized spacial score (nSPS) is 24.1. The van der Waals surface area contributed by atoms with Gasteiger partial charge in [0.15, 0.2) is 11.5 Å². The van der Waals surface area contributed by atoms with Gasteiger partial charge in [-0.05, 0) is 37.3 Å². The Kier molecular flexibility index (Phi) is 5.77. The van der Waals surface area contributed by atoms with E-state index in [4.69, 9.17) is 18.9 Å². The fourth-order valence-electron chi connectivity index (χ4n) is 4.45. The molecule has 1 aliphatic heterocycles. The molecular weight excluding hydrogens is 350 g/mol. The molecule has 27 heavy (non-hydrogen) atoms. The molecule has 1 aliphatic carbocycles. The highest BCUT2D eigenvalue weighted by molar-refractivity contribution is 5.98. The minimum Gasteiger partial charge on any atom is -0.493 e. The molecule has 0 N–H and O–H groups in total. The van der Waals surface area contributed by atoms with Gasteiger partial charge in [0.05, 0.1) is 28.4 Å². The summed E-state index contributed by atoms with van der Waals surface area (Å²) in [5, 5.41) is 0. The van der Waals surface area contributed by atoms with Gasteiger partial charge < -0.3 is 23.8 Å². The molecule has 7 heteroatoms. The van der Waals surface area contributed by atoms with E-state index in [-0.39, 0.29) is 17.9 Å². The number of carbonyl (C=O) groups excluding carboxylic acids is 2. The van der Waals surface area contributed by atoms with Crippen molar-refractivity contribution in [2.24, 2.45) is 5.92 Å². The first-order valence-corrected chi connectivity index (χ1v) is 9.26. The van der Waals surface area contributed by atoms with E-state index in [9.17, 15) is 9.59 Å². The first-order chi connectivity index (χ1) is 13.0. The maximum absolute atomic E-state index is 13.4. The topological polar surface area (TPSA) is 74.3 Å².